The first-order valence-electron chi connectivity index (χ1n) is 6.80. The number of nitrogens with zero attached hydrogens (tertiary/aromatic N) is 3. The third-order valence-electron chi connectivity index (χ3n) is 2.80. The fraction of sp³-hybridized carbons (Fsp3) is 0.333. The maximum atomic E-state index is 5.98. The molecule has 1 heterocycles. The van der Waals surface area contributed by atoms with Gasteiger partial charge in [0.25, 0.3) is 0 Å². The second-order valence-electron chi connectivity index (χ2n) is 5.05. The summed E-state index contributed by atoms with van der Waals surface area (Å²) in [7, 11) is 4.08. The molecule has 2 N–H and O–H groups in total. The van der Waals surface area contributed by atoms with Crippen molar-refractivity contribution in [3.63, 3.8) is 0 Å². The van der Waals surface area contributed by atoms with E-state index in [2.05, 4.69) is 25.5 Å². The highest BCUT2D eigenvalue weighted by molar-refractivity contribution is 6.30. The predicted octanol–water partition coefficient (Wildman–Crippen LogP) is 3.16. The third kappa shape index (κ3) is 5.21. The van der Waals surface area contributed by atoms with E-state index in [9.17, 15) is 0 Å². The number of benzene rings is 1. The quantitative estimate of drug-likeness (QED) is 0.858. The van der Waals surface area contributed by atoms with Gasteiger partial charge in [-0.1, -0.05) is 17.7 Å². The minimum absolute atomic E-state index is 0.690. The molecule has 2 rings (SSSR count). The number of likely N-dealkylation sites (N-methyl/N-ethyl adjacent to an activating group) is 1. The molecule has 2 aromatic rings. The van der Waals surface area contributed by atoms with Crippen molar-refractivity contribution >= 4 is 28.9 Å². The summed E-state index contributed by atoms with van der Waals surface area (Å²) in [5.41, 5.74) is 0.903. The SMILES string of the molecule is Cc1nc(NCCN(C)C)cc(Nc2cccc(Cl)c2)n1. The Morgan fingerprint density at radius 1 is 1.14 bits per heavy atom. The van der Waals surface area contributed by atoms with Gasteiger partial charge in [-0.15, -0.1) is 0 Å². The number of aromatic nitrogens is 2. The molecule has 0 aliphatic heterocycles. The van der Waals surface area contributed by atoms with Crippen molar-refractivity contribution in [2.75, 3.05) is 37.8 Å². The summed E-state index contributed by atoms with van der Waals surface area (Å²) in [5.74, 6) is 2.28. The molecule has 6 heteroatoms. The highest BCUT2D eigenvalue weighted by atomic mass is 35.5. The molecule has 0 radical (unpaired) electrons. The van der Waals surface area contributed by atoms with Crippen LogP contribution >= 0.6 is 11.6 Å². The van der Waals surface area contributed by atoms with Gasteiger partial charge < -0.3 is 15.5 Å². The number of hydrogen-bond donors (Lipinski definition) is 2. The Bertz CT molecular complexity index is 600. The fourth-order valence-electron chi connectivity index (χ4n) is 1.84. The molecule has 0 saturated heterocycles. The summed E-state index contributed by atoms with van der Waals surface area (Å²) in [4.78, 5) is 10.9. The van der Waals surface area contributed by atoms with Crippen LogP contribution in [0.25, 0.3) is 0 Å². The summed E-state index contributed by atoms with van der Waals surface area (Å²) in [6.45, 7) is 3.65. The zero-order valence-corrected chi connectivity index (χ0v) is 13.3. The van der Waals surface area contributed by atoms with E-state index in [0.717, 1.165) is 36.2 Å². The molecule has 1 aromatic carbocycles. The summed E-state index contributed by atoms with van der Waals surface area (Å²) >= 11 is 5.98. The average molecular weight is 306 g/mol. The van der Waals surface area contributed by atoms with Crippen LogP contribution in [0.1, 0.15) is 5.82 Å². The number of aryl methyl sites for hydroxylation is 1. The van der Waals surface area contributed by atoms with Gasteiger partial charge in [0.1, 0.15) is 17.5 Å². The molecular formula is C15H20ClN5. The van der Waals surface area contributed by atoms with Crippen LogP contribution < -0.4 is 10.6 Å². The molecule has 0 fully saturated rings. The van der Waals surface area contributed by atoms with Gasteiger partial charge in [0.15, 0.2) is 0 Å². The Kier molecular flexibility index (Phi) is 5.36. The number of anilines is 3. The van der Waals surface area contributed by atoms with Crippen molar-refractivity contribution in [2.45, 2.75) is 6.92 Å². The van der Waals surface area contributed by atoms with Crippen LogP contribution in [0.4, 0.5) is 17.3 Å². The standard InChI is InChI=1S/C15H20ClN5/c1-11-18-14(17-7-8-21(2)3)10-15(19-11)20-13-6-4-5-12(16)9-13/h4-6,9-10H,7-8H2,1-3H3,(H2,17,18,19,20). The van der Waals surface area contributed by atoms with Crippen LogP contribution in [0.15, 0.2) is 30.3 Å². The lowest BCUT2D eigenvalue weighted by atomic mass is 10.3. The second-order valence-corrected chi connectivity index (χ2v) is 5.49. The Morgan fingerprint density at radius 3 is 2.62 bits per heavy atom. The maximum absolute atomic E-state index is 5.98. The van der Waals surface area contributed by atoms with Crippen LogP contribution in [0.3, 0.4) is 0 Å². The van der Waals surface area contributed by atoms with Gasteiger partial charge in [-0.05, 0) is 39.2 Å². The molecule has 0 amide bonds. The number of nitrogens with one attached hydrogen (secondary N) is 2. The number of rotatable bonds is 6. The predicted molar refractivity (Wildman–Crippen MR) is 88.5 cm³/mol. The van der Waals surface area contributed by atoms with Gasteiger partial charge in [-0.3, -0.25) is 0 Å². The Morgan fingerprint density at radius 2 is 1.90 bits per heavy atom. The summed E-state index contributed by atoms with van der Waals surface area (Å²) in [5, 5.41) is 7.22. The van der Waals surface area contributed by atoms with E-state index < -0.39 is 0 Å². The number of halogens is 1. The minimum Gasteiger partial charge on any atom is -0.369 e. The molecule has 5 nitrogen and oxygen atoms in total. The molecule has 1 aromatic heterocycles. The monoisotopic (exact) mass is 305 g/mol. The van der Waals surface area contributed by atoms with E-state index in [1.165, 1.54) is 0 Å². The van der Waals surface area contributed by atoms with Crippen molar-refractivity contribution in [1.29, 1.82) is 0 Å². The average Bonchev–Trinajstić information content (AvgIpc) is 2.37. The van der Waals surface area contributed by atoms with Crippen molar-refractivity contribution in [3.05, 3.63) is 41.2 Å². The van der Waals surface area contributed by atoms with Crippen molar-refractivity contribution in [2.24, 2.45) is 0 Å². The van der Waals surface area contributed by atoms with Gasteiger partial charge in [0.2, 0.25) is 0 Å². The fourth-order valence-corrected chi connectivity index (χ4v) is 2.03. The molecule has 0 spiro atoms. The van der Waals surface area contributed by atoms with Crippen molar-refractivity contribution < 1.29 is 0 Å². The first kappa shape index (κ1) is 15.5. The second kappa shape index (κ2) is 7.24. The van der Waals surface area contributed by atoms with Crippen LogP contribution in [-0.4, -0.2) is 42.1 Å². The largest absolute Gasteiger partial charge is 0.369 e. The smallest absolute Gasteiger partial charge is 0.136 e. The molecule has 0 atom stereocenters. The Labute approximate surface area is 130 Å². The van der Waals surface area contributed by atoms with E-state index in [-0.39, 0.29) is 0 Å². The molecule has 21 heavy (non-hydrogen) atoms. The van der Waals surface area contributed by atoms with Crippen LogP contribution in [-0.2, 0) is 0 Å². The molecule has 0 saturated carbocycles. The Balaban J connectivity index is 2.07. The maximum Gasteiger partial charge on any atom is 0.136 e. The molecule has 0 bridgehead atoms. The van der Waals surface area contributed by atoms with Gasteiger partial charge in [0.05, 0.1) is 0 Å². The van der Waals surface area contributed by atoms with E-state index in [1.807, 2.05) is 51.4 Å². The molecule has 0 aliphatic rings. The van der Waals surface area contributed by atoms with Crippen LogP contribution in [0, 0.1) is 6.92 Å². The first-order valence-corrected chi connectivity index (χ1v) is 7.17. The van der Waals surface area contributed by atoms with E-state index in [4.69, 9.17) is 11.6 Å². The molecule has 0 aliphatic carbocycles. The van der Waals surface area contributed by atoms with E-state index >= 15 is 0 Å². The number of hydrogen-bond acceptors (Lipinski definition) is 5. The molecule has 0 unspecified atom stereocenters. The Hall–Kier alpha value is -1.85. The first-order chi connectivity index (χ1) is 10.0. The minimum atomic E-state index is 0.690. The van der Waals surface area contributed by atoms with Gasteiger partial charge >= 0.3 is 0 Å². The topological polar surface area (TPSA) is 53.1 Å². The van der Waals surface area contributed by atoms with E-state index in [0.29, 0.717) is 5.02 Å². The van der Waals surface area contributed by atoms with Gasteiger partial charge in [-0.2, -0.15) is 0 Å². The van der Waals surface area contributed by atoms with Gasteiger partial charge in [0, 0.05) is 29.9 Å². The highest BCUT2D eigenvalue weighted by Crippen LogP contribution is 2.20. The zero-order chi connectivity index (χ0) is 15.2. The third-order valence-corrected chi connectivity index (χ3v) is 3.04. The van der Waals surface area contributed by atoms with Gasteiger partial charge in [-0.25, -0.2) is 9.97 Å². The van der Waals surface area contributed by atoms with Crippen molar-refractivity contribution in [3.8, 4) is 0 Å². The summed E-state index contributed by atoms with van der Waals surface area (Å²) < 4.78 is 0. The summed E-state index contributed by atoms with van der Waals surface area (Å²) in [6.07, 6.45) is 0. The van der Waals surface area contributed by atoms with Crippen LogP contribution in [0.5, 0.6) is 0 Å². The highest BCUT2D eigenvalue weighted by Gasteiger charge is 2.03. The lowest BCUT2D eigenvalue weighted by Crippen LogP contribution is -2.21. The van der Waals surface area contributed by atoms with Crippen LogP contribution in [0.2, 0.25) is 5.02 Å². The molecular weight excluding hydrogens is 286 g/mol. The summed E-state index contributed by atoms with van der Waals surface area (Å²) in [6, 6.07) is 9.44. The van der Waals surface area contributed by atoms with Crippen molar-refractivity contribution in [1.82, 2.24) is 14.9 Å². The zero-order valence-electron chi connectivity index (χ0n) is 12.5. The lowest BCUT2D eigenvalue weighted by molar-refractivity contribution is 0.425. The lowest BCUT2D eigenvalue weighted by Gasteiger charge is -2.12. The van der Waals surface area contributed by atoms with E-state index in [1.54, 1.807) is 0 Å². The molecule has 112 valence electrons. The normalized spacial score (nSPS) is 10.7.